The van der Waals surface area contributed by atoms with Crippen LogP contribution in [0.1, 0.15) is 39.0 Å². The Balaban J connectivity index is 2.41. The van der Waals surface area contributed by atoms with Crippen molar-refractivity contribution in [2.24, 2.45) is 17.6 Å². The van der Waals surface area contributed by atoms with E-state index in [-0.39, 0.29) is 11.8 Å². The van der Waals surface area contributed by atoms with Crippen LogP contribution in [0.15, 0.2) is 0 Å². The lowest BCUT2D eigenvalue weighted by atomic mass is 9.81. The van der Waals surface area contributed by atoms with Gasteiger partial charge in [0.15, 0.2) is 0 Å². The highest BCUT2D eigenvalue weighted by molar-refractivity contribution is 5.84. The molecule has 1 rings (SSSR count). The summed E-state index contributed by atoms with van der Waals surface area (Å²) < 4.78 is 0. The molecular formula is C12H22N2O3. The van der Waals surface area contributed by atoms with Crippen LogP contribution < -0.4 is 11.1 Å². The Morgan fingerprint density at radius 2 is 1.94 bits per heavy atom. The number of aliphatic carboxylic acids is 1. The van der Waals surface area contributed by atoms with Gasteiger partial charge in [0, 0.05) is 5.92 Å². The van der Waals surface area contributed by atoms with E-state index < -0.39 is 12.0 Å². The zero-order valence-electron chi connectivity index (χ0n) is 10.3. The van der Waals surface area contributed by atoms with Crippen LogP contribution in [-0.4, -0.2) is 29.6 Å². The highest BCUT2D eigenvalue weighted by atomic mass is 16.4. The molecule has 1 aliphatic carbocycles. The van der Waals surface area contributed by atoms with Gasteiger partial charge in [-0.1, -0.05) is 6.92 Å². The average Bonchev–Trinajstić information content (AvgIpc) is 2.35. The number of hydrogen-bond acceptors (Lipinski definition) is 3. The molecule has 0 spiro atoms. The van der Waals surface area contributed by atoms with Gasteiger partial charge >= 0.3 is 5.97 Å². The molecule has 0 heterocycles. The van der Waals surface area contributed by atoms with Crippen LogP contribution in [0.2, 0.25) is 0 Å². The first-order valence-electron chi connectivity index (χ1n) is 6.31. The summed E-state index contributed by atoms with van der Waals surface area (Å²) >= 11 is 0. The molecular weight excluding hydrogens is 220 g/mol. The van der Waals surface area contributed by atoms with Crippen molar-refractivity contribution in [1.29, 1.82) is 0 Å². The predicted molar refractivity (Wildman–Crippen MR) is 64.4 cm³/mol. The van der Waals surface area contributed by atoms with Crippen molar-refractivity contribution in [2.75, 3.05) is 6.54 Å². The Bertz CT molecular complexity index is 273. The van der Waals surface area contributed by atoms with Gasteiger partial charge in [-0.25, -0.2) is 4.79 Å². The van der Waals surface area contributed by atoms with E-state index in [0.717, 1.165) is 25.7 Å². The molecule has 17 heavy (non-hydrogen) atoms. The van der Waals surface area contributed by atoms with E-state index in [9.17, 15) is 9.59 Å². The first-order valence-corrected chi connectivity index (χ1v) is 6.31. The third-order valence-electron chi connectivity index (χ3n) is 3.57. The summed E-state index contributed by atoms with van der Waals surface area (Å²) in [5.74, 6) is -0.585. The summed E-state index contributed by atoms with van der Waals surface area (Å²) in [5, 5.41) is 11.5. The Morgan fingerprint density at radius 3 is 2.35 bits per heavy atom. The van der Waals surface area contributed by atoms with E-state index >= 15 is 0 Å². The first-order chi connectivity index (χ1) is 8.08. The molecule has 1 amide bonds. The molecule has 1 atom stereocenters. The molecule has 1 aliphatic rings. The van der Waals surface area contributed by atoms with Gasteiger partial charge in [0.05, 0.1) is 0 Å². The number of rotatable bonds is 5. The van der Waals surface area contributed by atoms with Gasteiger partial charge in [0.2, 0.25) is 5.91 Å². The predicted octanol–water partition coefficient (Wildman–Crippen LogP) is 0.731. The zero-order chi connectivity index (χ0) is 12.8. The fourth-order valence-electron chi connectivity index (χ4n) is 2.29. The Kier molecular flexibility index (Phi) is 5.41. The minimum Gasteiger partial charge on any atom is -0.480 e. The van der Waals surface area contributed by atoms with Gasteiger partial charge in [0.25, 0.3) is 0 Å². The van der Waals surface area contributed by atoms with Crippen molar-refractivity contribution in [3.8, 4) is 0 Å². The third-order valence-corrected chi connectivity index (χ3v) is 3.57. The number of carboxylic acid groups (broad SMARTS) is 1. The number of carbonyl (C=O) groups is 2. The highest BCUT2D eigenvalue weighted by Gasteiger charge is 2.28. The maximum atomic E-state index is 11.9. The van der Waals surface area contributed by atoms with Crippen LogP contribution in [0, 0.1) is 11.8 Å². The molecule has 0 bridgehead atoms. The third kappa shape index (κ3) is 4.00. The van der Waals surface area contributed by atoms with E-state index in [1.54, 1.807) is 6.92 Å². The number of nitrogens with one attached hydrogen (secondary N) is 1. The number of carboxylic acids is 1. The fourth-order valence-corrected chi connectivity index (χ4v) is 2.29. The quantitative estimate of drug-likeness (QED) is 0.662. The van der Waals surface area contributed by atoms with Gasteiger partial charge in [0.1, 0.15) is 6.04 Å². The van der Waals surface area contributed by atoms with Crippen molar-refractivity contribution in [2.45, 2.75) is 45.1 Å². The average molecular weight is 242 g/mol. The summed E-state index contributed by atoms with van der Waals surface area (Å²) in [6, 6.07) is -0.755. The van der Waals surface area contributed by atoms with Gasteiger partial charge < -0.3 is 16.2 Å². The van der Waals surface area contributed by atoms with E-state index in [4.69, 9.17) is 10.8 Å². The van der Waals surface area contributed by atoms with Gasteiger partial charge in [-0.2, -0.15) is 0 Å². The minimum atomic E-state index is -0.962. The standard InChI is InChI=1S/C12H22N2O3/c1-2-10(12(16)17)14-11(15)9-5-3-8(7-13)4-6-9/h8-10H,2-7,13H2,1H3,(H,14,15)(H,16,17)/t8?,9?,10-/m1/s1. The van der Waals surface area contributed by atoms with Crippen molar-refractivity contribution >= 4 is 11.9 Å². The lowest BCUT2D eigenvalue weighted by Crippen LogP contribution is -2.44. The Hall–Kier alpha value is -1.10. The van der Waals surface area contributed by atoms with Crippen molar-refractivity contribution in [3.05, 3.63) is 0 Å². The first kappa shape index (κ1) is 14.0. The van der Waals surface area contributed by atoms with Crippen LogP contribution in [0.3, 0.4) is 0 Å². The van der Waals surface area contributed by atoms with Gasteiger partial charge in [-0.15, -0.1) is 0 Å². The molecule has 0 aromatic heterocycles. The summed E-state index contributed by atoms with van der Waals surface area (Å²) in [6.45, 7) is 2.44. The lowest BCUT2D eigenvalue weighted by Gasteiger charge is -2.27. The molecule has 0 saturated heterocycles. The number of carbonyl (C=O) groups excluding carboxylic acids is 1. The topological polar surface area (TPSA) is 92.4 Å². The molecule has 1 saturated carbocycles. The molecule has 98 valence electrons. The molecule has 0 aliphatic heterocycles. The molecule has 5 nitrogen and oxygen atoms in total. The van der Waals surface area contributed by atoms with E-state index in [1.807, 2.05) is 0 Å². The summed E-state index contributed by atoms with van der Waals surface area (Å²) in [7, 11) is 0. The maximum Gasteiger partial charge on any atom is 0.326 e. The Morgan fingerprint density at radius 1 is 1.35 bits per heavy atom. The molecule has 4 N–H and O–H groups in total. The SMILES string of the molecule is CC[C@@H](NC(=O)C1CCC(CN)CC1)C(=O)O. The second kappa shape index (κ2) is 6.59. The van der Waals surface area contributed by atoms with Crippen LogP contribution in [0.4, 0.5) is 0 Å². The van der Waals surface area contributed by atoms with Crippen molar-refractivity contribution < 1.29 is 14.7 Å². The number of hydrogen-bond donors (Lipinski definition) is 3. The highest BCUT2D eigenvalue weighted by Crippen LogP contribution is 2.28. The second-order valence-corrected chi connectivity index (χ2v) is 4.76. The number of amides is 1. The Labute approximate surface area is 102 Å². The van der Waals surface area contributed by atoms with Crippen LogP contribution in [-0.2, 0) is 9.59 Å². The van der Waals surface area contributed by atoms with Gasteiger partial charge in [-0.05, 0) is 44.6 Å². The van der Waals surface area contributed by atoms with Crippen LogP contribution in [0.25, 0.3) is 0 Å². The minimum absolute atomic E-state index is 0.0359. The molecule has 0 aromatic rings. The smallest absolute Gasteiger partial charge is 0.326 e. The molecule has 5 heteroatoms. The zero-order valence-corrected chi connectivity index (χ0v) is 10.3. The largest absolute Gasteiger partial charge is 0.480 e. The van der Waals surface area contributed by atoms with Crippen LogP contribution in [0.5, 0.6) is 0 Å². The van der Waals surface area contributed by atoms with E-state index in [0.29, 0.717) is 18.9 Å². The molecule has 0 unspecified atom stereocenters. The van der Waals surface area contributed by atoms with E-state index in [1.165, 1.54) is 0 Å². The summed E-state index contributed by atoms with van der Waals surface area (Å²) in [5.41, 5.74) is 5.59. The fraction of sp³-hybridized carbons (Fsp3) is 0.833. The monoisotopic (exact) mass is 242 g/mol. The maximum absolute atomic E-state index is 11.9. The van der Waals surface area contributed by atoms with E-state index in [2.05, 4.69) is 5.32 Å². The van der Waals surface area contributed by atoms with Crippen molar-refractivity contribution in [3.63, 3.8) is 0 Å². The summed E-state index contributed by atoms with van der Waals surface area (Å²) in [6.07, 6.45) is 4.00. The van der Waals surface area contributed by atoms with Crippen LogP contribution >= 0.6 is 0 Å². The summed E-state index contributed by atoms with van der Waals surface area (Å²) in [4.78, 5) is 22.7. The molecule has 0 radical (unpaired) electrons. The van der Waals surface area contributed by atoms with Crippen molar-refractivity contribution in [1.82, 2.24) is 5.32 Å². The van der Waals surface area contributed by atoms with Gasteiger partial charge in [-0.3, -0.25) is 4.79 Å². The second-order valence-electron chi connectivity index (χ2n) is 4.76. The lowest BCUT2D eigenvalue weighted by molar-refractivity contribution is -0.142. The molecule has 1 fully saturated rings. The normalized spacial score (nSPS) is 26.2. The molecule has 0 aromatic carbocycles. The number of nitrogens with two attached hydrogens (primary N) is 1.